The molecule has 7 heteroatoms. The summed E-state index contributed by atoms with van der Waals surface area (Å²) in [6.07, 6.45) is 5.60. The predicted octanol–water partition coefficient (Wildman–Crippen LogP) is 5.59. The molecule has 0 aliphatic heterocycles. The first-order valence-corrected chi connectivity index (χ1v) is 10.7. The Morgan fingerprint density at radius 2 is 1.70 bits per heavy atom. The minimum atomic E-state index is -0.421. The van der Waals surface area contributed by atoms with Crippen molar-refractivity contribution in [3.8, 4) is 11.5 Å². The van der Waals surface area contributed by atoms with Gasteiger partial charge in [0, 0.05) is 24.5 Å². The fourth-order valence-electron chi connectivity index (χ4n) is 3.74. The van der Waals surface area contributed by atoms with Crippen LogP contribution in [0.1, 0.15) is 36.2 Å². The summed E-state index contributed by atoms with van der Waals surface area (Å²) < 4.78 is 32.3. The summed E-state index contributed by atoms with van der Waals surface area (Å²) in [6, 6.07) is 15.2. The largest absolute Gasteiger partial charge is 0.444 e. The smallest absolute Gasteiger partial charge is 0.229 e. The van der Waals surface area contributed by atoms with Crippen molar-refractivity contribution >= 4 is 5.91 Å². The first-order valence-electron chi connectivity index (χ1n) is 10.7. The standard InChI is InChI=1S/C26H23F2N3O2/c1-2-14-31(25(20-4-3-13-29-16-20)18-5-9-21(27)10-6-18)24(32)15-23-17-33-26(30-23)19-7-11-22(28)12-8-19/h3-13,16-17,25H,2,14-15H2,1H3. The van der Waals surface area contributed by atoms with Gasteiger partial charge in [0.25, 0.3) is 0 Å². The topological polar surface area (TPSA) is 59.2 Å². The van der Waals surface area contributed by atoms with Crippen LogP contribution in [0.2, 0.25) is 0 Å². The van der Waals surface area contributed by atoms with E-state index in [-0.39, 0.29) is 24.0 Å². The Balaban J connectivity index is 1.62. The zero-order chi connectivity index (χ0) is 23.2. The average Bonchev–Trinajstić information content (AvgIpc) is 3.29. The number of hydrogen-bond donors (Lipinski definition) is 0. The summed E-state index contributed by atoms with van der Waals surface area (Å²) in [6.45, 7) is 2.49. The lowest BCUT2D eigenvalue weighted by Crippen LogP contribution is -2.37. The van der Waals surface area contributed by atoms with Crippen LogP contribution in [0.25, 0.3) is 11.5 Å². The van der Waals surface area contributed by atoms with Gasteiger partial charge in [-0.15, -0.1) is 0 Å². The highest BCUT2D eigenvalue weighted by atomic mass is 19.1. The van der Waals surface area contributed by atoms with Crippen molar-refractivity contribution in [3.05, 3.63) is 108 Å². The van der Waals surface area contributed by atoms with Gasteiger partial charge in [0.05, 0.1) is 18.2 Å². The molecule has 1 unspecified atom stereocenters. The second-order valence-corrected chi connectivity index (χ2v) is 7.66. The number of nitrogens with zero attached hydrogens (tertiary/aromatic N) is 3. The van der Waals surface area contributed by atoms with E-state index < -0.39 is 6.04 Å². The highest BCUT2D eigenvalue weighted by Gasteiger charge is 2.27. The molecule has 4 aromatic rings. The monoisotopic (exact) mass is 447 g/mol. The van der Waals surface area contributed by atoms with Crippen molar-refractivity contribution in [1.29, 1.82) is 0 Å². The Kier molecular flexibility index (Phi) is 6.88. The Bertz CT molecular complexity index is 1190. The molecule has 0 N–H and O–H groups in total. The lowest BCUT2D eigenvalue weighted by molar-refractivity contribution is -0.132. The molecule has 168 valence electrons. The van der Waals surface area contributed by atoms with Crippen LogP contribution in [0, 0.1) is 11.6 Å². The van der Waals surface area contributed by atoms with Crippen molar-refractivity contribution in [2.24, 2.45) is 0 Å². The van der Waals surface area contributed by atoms with Crippen molar-refractivity contribution in [2.45, 2.75) is 25.8 Å². The van der Waals surface area contributed by atoms with Crippen LogP contribution in [-0.2, 0) is 11.2 Å². The molecule has 0 bridgehead atoms. The number of amides is 1. The molecule has 1 amide bonds. The van der Waals surface area contributed by atoms with Gasteiger partial charge in [-0.05, 0) is 60.0 Å². The number of benzene rings is 2. The highest BCUT2D eigenvalue weighted by Crippen LogP contribution is 2.30. The molecule has 0 aliphatic carbocycles. The van der Waals surface area contributed by atoms with E-state index in [1.807, 2.05) is 19.1 Å². The summed E-state index contributed by atoms with van der Waals surface area (Å²) >= 11 is 0. The molecule has 0 radical (unpaired) electrons. The second kappa shape index (κ2) is 10.2. The molecular formula is C26H23F2N3O2. The quantitative estimate of drug-likeness (QED) is 0.354. The zero-order valence-corrected chi connectivity index (χ0v) is 18.1. The maximum Gasteiger partial charge on any atom is 0.229 e. The summed E-state index contributed by atoms with van der Waals surface area (Å²) in [5.41, 5.74) is 2.72. The summed E-state index contributed by atoms with van der Waals surface area (Å²) in [7, 11) is 0. The second-order valence-electron chi connectivity index (χ2n) is 7.66. The van der Waals surface area contributed by atoms with E-state index in [2.05, 4.69) is 9.97 Å². The first-order chi connectivity index (χ1) is 16.0. The van der Waals surface area contributed by atoms with Gasteiger partial charge in [-0.25, -0.2) is 13.8 Å². The third-order valence-electron chi connectivity index (χ3n) is 5.26. The van der Waals surface area contributed by atoms with Crippen LogP contribution in [-0.4, -0.2) is 27.3 Å². The molecule has 0 spiro atoms. The van der Waals surface area contributed by atoms with Gasteiger partial charge in [0.15, 0.2) is 0 Å². The maximum absolute atomic E-state index is 13.6. The predicted molar refractivity (Wildman–Crippen MR) is 120 cm³/mol. The van der Waals surface area contributed by atoms with Crippen LogP contribution in [0.15, 0.2) is 83.7 Å². The summed E-state index contributed by atoms with van der Waals surface area (Å²) in [5.74, 6) is -0.512. The van der Waals surface area contributed by atoms with E-state index in [1.54, 1.807) is 41.6 Å². The first kappa shape index (κ1) is 22.3. The number of halogens is 2. The van der Waals surface area contributed by atoms with Crippen LogP contribution in [0.5, 0.6) is 0 Å². The number of oxazole rings is 1. The lowest BCUT2D eigenvalue weighted by atomic mass is 9.97. The third kappa shape index (κ3) is 5.31. The normalized spacial score (nSPS) is 11.8. The van der Waals surface area contributed by atoms with Gasteiger partial charge >= 0.3 is 0 Å². The van der Waals surface area contributed by atoms with Crippen molar-refractivity contribution in [3.63, 3.8) is 0 Å². The maximum atomic E-state index is 13.6. The van der Waals surface area contributed by atoms with Gasteiger partial charge in [-0.1, -0.05) is 25.1 Å². The number of carbonyl (C=O) groups excluding carboxylic acids is 1. The molecule has 0 saturated heterocycles. The Morgan fingerprint density at radius 3 is 2.33 bits per heavy atom. The Hall–Kier alpha value is -3.87. The van der Waals surface area contributed by atoms with E-state index in [0.717, 1.165) is 17.5 Å². The van der Waals surface area contributed by atoms with Crippen LogP contribution < -0.4 is 0 Å². The van der Waals surface area contributed by atoms with E-state index in [4.69, 9.17) is 4.42 Å². The molecular weight excluding hydrogens is 424 g/mol. The molecule has 5 nitrogen and oxygen atoms in total. The van der Waals surface area contributed by atoms with Gasteiger partial charge in [0.1, 0.15) is 17.9 Å². The van der Waals surface area contributed by atoms with Crippen LogP contribution >= 0.6 is 0 Å². The van der Waals surface area contributed by atoms with Gasteiger partial charge in [-0.2, -0.15) is 0 Å². The van der Waals surface area contributed by atoms with E-state index in [1.165, 1.54) is 30.5 Å². The molecule has 33 heavy (non-hydrogen) atoms. The van der Waals surface area contributed by atoms with E-state index in [0.29, 0.717) is 23.7 Å². The molecule has 2 aromatic carbocycles. The minimum Gasteiger partial charge on any atom is -0.444 e. The van der Waals surface area contributed by atoms with Crippen LogP contribution in [0.3, 0.4) is 0 Å². The van der Waals surface area contributed by atoms with E-state index in [9.17, 15) is 13.6 Å². The summed E-state index contributed by atoms with van der Waals surface area (Å²) in [4.78, 5) is 23.8. The van der Waals surface area contributed by atoms with Gasteiger partial charge < -0.3 is 9.32 Å². The molecule has 0 aliphatic rings. The molecule has 2 heterocycles. The van der Waals surface area contributed by atoms with Crippen molar-refractivity contribution in [2.75, 3.05) is 6.54 Å². The average molecular weight is 447 g/mol. The zero-order valence-electron chi connectivity index (χ0n) is 18.1. The van der Waals surface area contributed by atoms with Crippen molar-refractivity contribution in [1.82, 2.24) is 14.9 Å². The molecule has 0 saturated carbocycles. The fourth-order valence-corrected chi connectivity index (χ4v) is 3.74. The van der Waals surface area contributed by atoms with E-state index >= 15 is 0 Å². The van der Waals surface area contributed by atoms with Gasteiger partial charge in [0.2, 0.25) is 11.8 Å². The number of hydrogen-bond acceptors (Lipinski definition) is 4. The van der Waals surface area contributed by atoms with Crippen molar-refractivity contribution < 1.29 is 18.0 Å². The number of rotatable bonds is 8. The Morgan fingerprint density at radius 1 is 1.00 bits per heavy atom. The number of pyridine rings is 1. The third-order valence-corrected chi connectivity index (χ3v) is 5.26. The Labute approximate surface area is 190 Å². The number of aromatic nitrogens is 2. The molecule has 0 fully saturated rings. The van der Waals surface area contributed by atoms with Gasteiger partial charge in [-0.3, -0.25) is 9.78 Å². The molecule has 2 aromatic heterocycles. The van der Waals surface area contributed by atoms with Crippen LogP contribution in [0.4, 0.5) is 8.78 Å². The molecule has 4 rings (SSSR count). The minimum absolute atomic E-state index is 0.0304. The highest BCUT2D eigenvalue weighted by molar-refractivity contribution is 5.79. The summed E-state index contributed by atoms with van der Waals surface area (Å²) in [5, 5.41) is 0. The SMILES string of the molecule is CCCN(C(=O)Cc1coc(-c2ccc(F)cc2)n1)C(c1ccc(F)cc1)c1cccnc1. The number of carbonyl (C=O) groups is 1. The lowest BCUT2D eigenvalue weighted by Gasteiger charge is -2.32. The molecule has 1 atom stereocenters. The fraction of sp³-hybridized carbons (Fsp3) is 0.192.